The Morgan fingerprint density at radius 3 is 2.43 bits per heavy atom. The van der Waals surface area contributed by atoms with Crippen LogP contribution in [0.2, 0.25) is 0 Å². The van der Waals surface area contributed by atoms with Crippen LogP contribution in [0.15, 0.2) is 36.4 Å². The van der Waals surface area contributed by atoms with Gasteiger partial charge in [-0.05, 0) is 35.4 Å². The predicted octanol–water partition coefficient (Wildman–Crippen LogP) is 2.35. The van der Waals surface area contributed by atoms with Crippen molar-refractivity contribution in [1.29, 1.82) is 0 Å². The van der Waals surface area contributed by atoms with Gasteiger partial charge in [-0.3, -0.25) is 9.69 Å². The van der Waals surface area contributed by atoms with E-state index >= 15 is 0 Å². The summed E-state index contributed by atoms with van der Waals surface area (Å²) in [6, 6.07) is 11.9. The molecule has 0 unspecified atom stereocenters. The number of carbonyl (C=O) groups is 1. The lowest BCUT2D eigenvalue weighted by Gasteiger charge is -2.35. The van der Waals surface area contributed by atoms with Gasteiger partial charge in [-0.25, -0.2) is 0 Å². The van der Waals surface area contributed by atoms with Gasteiger partial charge in [-0.1, -0.05) is 12.1 Å². The van der Waals surface area contributed by atoms with Crippen molar-refractivity contribution in [3.05, 3.63) is 53.1 Å². The van der Waals surface area contributed by atoms with E-state index in [2.05, 4.69) is 23.1 Å². The lowest BCUT2D eigenvalue weighted by molar-refractivity contribution is 0.0627. The molecule has 0 bridgehead atoms. The largest absolute Gasteiger partial charge is 0.493 e. The molecule has 0 aromatic heterocycles. The van der Waals surface area contributed by atoms with Crippen molar-refractivity contribution in [2.75, 3.05) is 46.0 Å². The highest BCUT2D eigenvalue weighted by Gasteiger charge is 2.24. The Morgan fingerprint density at radius 1 is 0.821 bits per heavy atom. The smallest absolute Gasteiger partial charge is 0.254 e. The Morgan fingerprint density at radius 2 is 1.57 bits per heavy atom. The molecule has 6 nitrogen and oxygen atoms in total. The van der Waals surface area contributed by atoms with Gasteiger partial charge in [0.15, 0.2) is 11.5 Å². The molecule has 1 amide bonds. The van der Waals surface area contributed by atoms with Crippen LogP contribution in [0.4, 0.5) is 0 Å². The SMILES string of the molecule is O=C(c1ccc2c(c1)OCCO2)N1CCN(Cc2ccc3c(c2)CCO3)CC1. The van der Waals surface area contributed by atoms with Crippen LogP contribution in [0, 0.1) is 0 Å². The Labute approximate surface area is 164 Å². The van der Waals surface area contributed by atoms with Gasteiger partial charge in [-0.2, -0.15) is 0 Å². The summed E-state index contributed by atoms with van der Waals surface area (Å²) in [5.74, 6) is 2.47. The first-order valence-corrected chi connectivity index (χ1v) is 9.92. The number of amides is 1. The molecule has 2 aromatic carbocycles. The van der Waals surface area contributed by atoms with Gasteiger partial charge < -0.3 is 19.1 Å². The molecule has 3 aliphatic rings. The highest BCUT2D eigenvalue weighted by molar-refractivity contribution is 5.95. The number of rotatable bonds is 3. The maximum Gasteiger partial charge on any atom is 0.254 e. The summed E-state index contributed by atoms with van der Waals surface area (Å²) in [6.45, 7) is 6.02. The normalized spacial score (nSPS) is 18.5. The van der Waals surface area contributed by atoms with Gasteiger partial charge in [0.05, 0.1) is 6.61 Å². The molecular weight excluding hydrogens is 356 g/mol. The summed E-state index contributed by atoms with van der Waals surface area (Å²) >= 11 is 0. The van der Waals surface area contributed by atoms with Crippen molar-refractivity contribution < 1.29 is 19.0 Å². The van der Waals surface area contributed by atoms with Crippen molar-refractivity contribution in [3.8, 4) is 17.2 Å². The van der Waals surface area contributed by atoms with E-state index in [1.807, 2.05) is 17.0 Å². The molecule has 146 valence electrons. The quantitative estimate of drug-likeness (QED) is 0.818. The molecule has 0 N–H and O–H groups in total. The first kappa shape index (κ1) is 17.4. The molecule has 0 radical (unpaired) electrons. The van der Waals surface area contributed by atoms with Crippen LogP contribution in [0.1, 0.15) is 21.5 Å². The molecule has 0 saturated carbocycles. The highest BCUT2D eigenvalue weighted by atomic mass is 16.6. The van der Waals surface area contributed by atoms with E-state index in [1.54, 1.807) is 6.07 Å². The second-order valence-corrected chi connectivity index (χ2v) is 7.47. The summed E-state index contributed by atoms with van der Waals surface area (Å²) in [5.41, 5.74) is 3.29. The number of nitrogens with zero attached hydrogens (tertiary/aromatic N) is 2. The fourth-order valence-corrected chi connectivity index (χ4v) is 4.06. The Balaban J connectivity index is 1.19. The molecule has 3 aliphatic heterocycles. The van der Waals surface area contributed by atoms with Gasteiger partial charge in [0.1, 0.15) is 19.0 Å². The van der Waals surface area contributed by atoms with Gasteiger partial charge >= 0.3 is 0 Å². The third-order valence-electron chi connectivity index (χ3n) is 5.61. The first-order valence-electron chi connectivity index (χ1n) is 9.92. The molecule has 0 spiro atoms. The van der Waals surface area contributed by atoms with Crippen molar-refractivity contribution in [2.45, 2.75) is 13.0 Å². The van der Waals surface area contributed by atoms with E-state index < -0.39 is 0 Å². The highest BCUT2D eigenvalue weighted by Crippen LogP contribution is 2.31. The molecule has 0 aliphatic carbocycles. The van der Waals surface area contributed by atoms with Gasteiger partial charge in [0.25, 0.3) is 5.91 Å². The minimum atomic E-state index is 0.0614. The zero-order valence-electron chi connectivity index (χ0n) is 15.9. The third kappa shape index (κ3) is 3.40. The van der Waals surface area contributed by atoms with Gasteiger partial charge in [0, 0.05) is 44.7 Å². The topological polar surface area (TPSA) is 51.2 Å². The van der Waals surface area contributed by atoms with Crippen LogP contribution in [-0.2, 0) is 13.0 Å². The Bertz CT molecular complexity index is 890. The van der Waals surface area contributed by atoms with Crippen LogP contribution in [0.25, 0.3) is 0 Å². The molecule has 3 heterocycles. The van der Waals surface area contributed by atoms with E-state index in [-0.39, 0.29) is 5.91 Å². The van der Waals surface area contributed by atoms with Gasteiger partial charge in [-0.15, -0.1) is 0 Å². The van der Waals surface area contributed by atoms with Crippen LogP contribution < -0.4 is 14.2 Å². The summed E-state index contributed by atoms with van der Waals surface area (Å²) in [5, 5.41) is 0. The summed E-state index contributed by atoms with van der Waals surface area (Å²) in [4.78, 5) is 17.2. The minimum Gasteiger partial charge on any atom is -0.493 e. The fraction of sp³-hybridized carbons (Fsp3) is 0.409. The number of carbonyl (C=O) groups excluding carboxylic acids is 1. The van der Waals surface area contributed by atoms with Crippen LogP contribution in [-0.4, -0.2) is 61.7 Å². The second-order valence-electron chi connectivity index (χ2n) is 7.47. The average Bonchev–Trinajstić information content (AvgIpc) is 3.21. The first-order chi connectivity index (χ1) is 13.8. The number of ether oxygens (including phenoxy) is 3. The fourth-order valence-electron chi connectivity index (χ4n) is 4.06. The maximum absolute atomic E-state index is 12.9. The summed E-state index contributed by atoms with van der Waals surface area (Å²) in [6.07, 6.45) is 1.00. The van der Waals surface area contributed by atoms with E-state index in [1.165, 1.54) is 11.1 Å². The molecule has 28 heavy (non-hydrogen) atoms. The van der Waals surface area contributed by atoms with Crippen molar-refractivity contribution in [3.63, 3.8) is 0 Å². The number of piperazine rings is 1. The lowest BCUT2D eigenvalue weighted by Crippen LogP contribution is -2.48. The van der Waals surface area contributed by atoms with E-state index in [0.717, 1.165) is 51.5 Å². The van der Waals surface area contributed by atoms with Crippen LogP contribution in [0.5, 0.6) is 17.2 Å². The second kappa shape index (κ2) is 7.36. The molecule has 1 saturated heterocycles. The zero-order chi connectivity index (χ0) is 18.9. The van der Waals surface area contributed by atoms with Crippen molar-refractivity contribution in [1.82, 2.24) is 9.80 Å². The number of benzene rings is 2. The van der Waals surface area contributed by atoms with E-state index in [4.69, 9.17) is 14.2 Å². The number of hydrogen-bond donors (Lipinski definition) is 0. The monoisotopic (exact) mass is 380 g/mol. The van der Waals surface area contributed by atoms with E-state index in [9.17, 15) is 4.79 Å². The summed E-state index contributed by atoms with van der Waals surface area (Å²) in [7, 11) is 0. The minimum absolute atomic E-state index is 0.0614. The summed E-state index contributed by atoms with van der Waals surface area (Å²) < 4.78 is 16.7. The number of hydrogen-bond acceptors (Lipinski definition) is 5. The average molecular weight is 380 g/mol. The maximum atomic E-state index is 12.9. The van der Waals surface area contributed by atoms with E-state index in [0.29, 0.717) is 30.3 Å². The lowest BCUT2D eigenvalue weighted by atomic mass is 10.1. The molecule has 2 aromatic rings. The molecular formula is C22H24N2O4. The Kier molecular flexibility index (Phi) is 4.56. The van der Waals surface area contributed by atoms with Crippen LogP contribution in [0.3, 0.4) is 0 Å². The number of fused-ring (bicyclic) bond motifs is 2. The van der Waals surface area contributed by atoms with Gasteiger partial charge in [0.2, 0.25) is 0 Å². The molecule has 1 fully saturated rings. The third-order valence-corrected chi connectivity index (χ3v) is 5.61. The van der Waals surface area contributed by atoms with Crippen molar-refractivity contribution >= 4 is 5.91 Å². The van der Waals surface area contributed by atoms with Crippen LogP contribution >= 0.6 is 0 Å². The standard InChI is InChI=1S/C22H24N2O4/c25-22(18-2-4-20-21(14-18)28-12-11-27-20)24-8-6-23(7-9-24)15-16-1-3-19-17(13-16)5-10-26-19/h1-4,13-14H,5-12,15H2. The van der Waals surface area contributed by atoms with Crippen molar-refractivity contribution in [2.24, 2.45) is 0 Å². The zero-order valence-corrected chi connectivity index (χ0v) is 15.9. The molecule has 0 atom stereocenters. The molecule has 6 heteroatoms. The molecule has 5 rings (SSSR count). The predicted molar refractivity (Wildman–Crippen MR) is 104 cm³/mol. The Hall–Kier alpha value is -2.73.